The molecule has 0 radical (unpaired) electrons. The molecule has 0 spiro atoms. The van der Waals surface area contributed by atoms with Crippen LogP contribution in [0.5, 0.6) is 0 Å². The lowest BCUT2D eigenvalue weighted by Gasteiger charge is -2.34. The Balaban J connectivity index is 2.49. The third kappa shape index (κ3) is 8.09. The van der Waals surface area contributed by atoms with Gasteiger partial charge in [0, 0.05) is 12.1 Å². The number of amides is 2. The van der Waals surface area contributed by atoms with Crippen molar-refractivity contribution in [2.45, 2.75) is 73.0 Å². The highest BCUT2D eigenvalue weighted by molar-refractivity contribution is 7.92. The molecule has 1 N–H and O–H groups in total. The number of sulfonamides is 1. The average molecular weight is 502 g/mol. The minimum atomic E-state index is -3.76. The van der Waals surface area contributed by atoms with Gasteiger partial charge in [-0.25, -0.2) is 8.42 Å². The second-order valence-electron chi connectivity index (χ2n) is 10.2. The van der Waals surface area contributed by atoms with Gasteiger partial charge in [-0.15, -0.1) is 0 Å². The lowest BCUT2D eigenvalue weighted by molar-refractivity contribution is -0.141. The average Bonchev–Trinajstić information content (AvgIpc) is 2.73. The van der Waals surface area contributed by atoms with Crippen LogP contribution < -0.4 is 9.62 Å². The van der Waals surface area contributed by atoms with Gasteiger partial charge in [-0.1, -0.05) is 48.9 Å². The van der Waals surface area contributed by atoms with Crippen LogP contribution >= 0.6 is 0 Å². The van der Waals surface area contributed by atoms with E-state index >= 15 is 0 Å². The number of nitrogens with one attached hydrogen (secondary N) is 1. The maximum Gasteiger partial charge on any atom is 0.244 e. The zero-order valence-corrected chi connectivity index (χ0v) is 23.0. The number of rotatable bonds is 9. The Bertz CT molecular complexity index is 1150. The fourth-order valence-electron chi connectivity index (χ4n) is 3.85. The molecular weight excluding hydrogens is 462 g/mol. The van der Waals surface area contributed by atoms with Crippen molar-refractivity contribution in [2.24, 2.45) is 0 Å². The van der Waals surface area contributed by atoms with E-state index in [2.05, 4.69) is 5.32 Å². The summed E-state index contributed by atoms with van der Waals surface area (Å²) in [6.45, 7) is 13.0. The molecule has 192 valence electrons. The van der Waals surface area contributed by atoms with Crippen molar-refractivity contribution in [3.8, 4) is 0 Å². The van der Waals surface area contributed by atoms with Crippen LogP contribution in [0.15, 0.2) is 42.5 Å². The number of nitrogens with zero attached hydrogens (tertiary/aromatic N) is 2. The number of carbonyl (C=O) groups is 2. The summed E-state index contributed by atoms with van der Waals surface area (Å²) in [6.07, 6.45) is 1.48. The summed E-state index contributed by atoms with van der Waals surface area (Å²) in [5, 5.41) is 2.97. The lowest BCUT2D eigenvalue weighted by Crippen LogP contribution is -2.55. The Morgan fingerprint density at radius 3 is 2.06 bits per heavy atom. The Hall–Kier alpha value is -2.87. The van der Waals surface area contributed by atoms with Crippen molar-refractivity contribution in [3.05, 3.63) is 64.7 Å². The van der Waals surface area contributed by atoms with Gasteiger partial charge in [-0.2, -0.15) is 0 Å². The first-order valence-corrected chi connectivity index (χ1v) is 13.7. The van der Waals surface area contributed by atoms with E-state index in [1.54, 1.807) is 6.07 Å². The molecule has 35 heavy (non-hydrogen) atoms. The first-order chi connectivity index (χ1) is 16.1. The Morgan fingerprint density at radius 1 is 0.971 bits per heavy atom. The van der Waals surface area contributed by atoms with Crippen LogP contribution in [0.4, 0.5) is 5.69 Å². The Labute approximate surface area is 210 Å². The predicted molar refractivity (Wildman–Crippen MR) is 142 cm³/mol. The van der Waals surface area contributed by atoms with Gasteiger partial charge < -0.3 is 10.2 Å². The summed E-state index contributed by atoms with van der Waals surface area (Å²) < 4.78 is 26.7. The van der Waals surface area contributed by atoms with Crippen LogP contribution in [0.3, 0.4) is 0 Å². The molecule has 1 unspecified atom stereocenters. The van der Waals surface area contributed by atoms with Gasteiger partial charge in [0.15, 0.2) is 0 Å². The fourth-order valence-corrected chi connectivity index (χ4v) is 4.74. The molecule has 0 aliphatic carbocycles. The maximum absolute atomic E-state index is 13.8. The smallest absolute Gasteiger partial charge is 0.244 e. The molecule has 8 heteroatoms. The molecule has 0 saturated carbocycles. The molecular formula is C27H39N3O4S. The van der Waals surface area contributed by atoms with Crippen LogP contribution in [0.25, 0.3) is 0 Å². The van der Waals surface area contributed by atoms with Gasteiger partial charge >= 0.3 is 0 Å². The zero-order chi connectivity index (χ0) is 26.6. The quantitative estimate of drug-likeness (QED) is 0.560. The Kier molecular flexibility index (Phi) is 9.11. The molecule has 0 aromatic heterocycles. The first-order valence-electron chi connectivity index (χ1n) is 11.8. The van der Waals surface area contributed by atoms with Crippen molar-refractivity contribution >= 4 is 27.5 Å². The number of hydrogen-bond acceptors (Lipinski definition) is 4. The second kappa shape index (κ2) is 11.2. The van der Waals surface area contributed by atoms with Gasteiger partial charge in [-0.3, -0.25) is 13.9 Å². The van der Waals surface area contributed by atoms with Crippen molar-refractivity contribution < 1.29 is 18.0 Å². The minimum absolute atomic E-state index is 0.194. The number of anilines is 1. The Morgan fingerprint density at radius 2 is 1.54 bits per heavy atom. The minimum Gasteiger partial charge on any atom is -0.350 e. The van der Waals surface area contributed by atoms with E-state index in [9.17, 15) is 18.0 Å². The van der Waals surface area contributed by atoms with Crippen molar-refractivity contribution in [1.29, 1.82) is 0 Å². The summed E-state index contributed by atoms with van der Waals surface area (Å²) in [4.78, 5) is 28.4. The van der Waals surface area contributed by atoms with Crippen LogP contribution in [0, 0.1) is 20.8 Å². The molecule has 0 aliphatic heterocycles. The molecule has 0 bridgehead atoms. The van der Waals surface area contributed by atoms with Crippen molar-refractivity contribution in [1.82, 2.24) is 10.2 Å². The highest BCUT2D eigenvalue weighted by Crippen LogP contribution is 2.25. The zero-order valence-electron chi connectivity index (χ0n) is 22.2. The van der Waals surface area contributed by atoms with Crippen molar-refractivity contribution in [3.63, 3.8) is 0 Å². The van der Waals surface area contributed by atoms with E-state index in [4.69, 9.17) is 0 Å². The number of carbonyl (C=O) groups excluding carboxylic acids is 2. The van der Waals surface area contributed by atoms with E-state index in [0.717, 1.165) is 32.8 Å². The largest absolute Gasteiger partial charge is 0.350 e. The SMILES string of the molecule is CCC(C(=O)NC(C)(C)C)N(Cc1ccc(C)cc1)C(=O)CN(c1cc(C)ccc1C)S(C)(=O)=O. The third-order valence-corrected chi connectivity index (χ3v) is 6.80. The highest BCUT2D eigenvalue weighted by Gasteiger charge is 2.33. The molecule has 1 atom stereocenters. The van der Waals surface area contributed by atoms with E-state index in [1.165, 1.54) is 4.90 Å². The first kappa shape index (κ1) is 28.4. The molecule has 0 saturated heterocycles. The monoisotopic (exact) mass is 501 g/mol. The molecule has 2 amide bonds. The molecule has 7 nitrogen and oxygen atoms in total. The van der Waals surface area contributed by atoms with Crippen molar-refractivity contribution in [2.75, 3.05) is 17.1 Å². The number of benzene rings is 2. The van der Waals surface area contributed by atoms with E-state index < -0.39 is 34.1 Å². The van der Waals surface area contributed by atoms with Gasteiger partial charge in [-0.05, 0) is 70.7 Å². The van der Waals surface area contributed by atoms with Gasteiger partial charge in [0.25, 0.3) is 0 Å². The summed E-state index contributed by atoms with van der Waals surface area (Å²) in [6, 6.07) is 12.5. The number of aryl methyl sites for hydroxylation is 3. The second-order valence-corrected chi connectivity index (χ2v) is 12.1. The molecule has 0 fully saturated rings. The predicted octanol–water partition coefficient (Wildman–Crippen LogP) is 4.10. The normalized spacial score (nSPS) is 12.7. The molecule has 0 aliphatic rings. The van der Waals surface area contributed by atoms with Crippen LogP contribution in [-0.2, 0) is 26.2 Å². The topological polar surface area (TPSA) is 86.8 Å². The van der Waals surface area contributed by atoms with Crippen LogP contribution in [0.1, 0.15) is 56.4 Å². The molecule has 2 rings (SSSR count). The van der Waals surface area contributed by atoms with Crippen LogP contribution in [0.2, 0.25) is 0 Å². The van der Waals surface area contributed by atoms with Gasteiger partial charge in [0.1, 0.15) is 12.6 Å². The van der Waals surface area contributed by atoms with Gasteiger partial charge in [0.05, 0.1) is 11.9 Å². The number of hydrogen-bond donors (Lipinski definition) is 1. The van der Waals surface area contributed by atoms with Gasteiger partial charge in [0.2, 0.25) is 21.8 Å². The standard InChI is InChI=1S/C27H39N3O4S/c1-9-23(26(32)28-27(5,6)7)29(17-22-14-11-19(2)12-15-22)25(31)18-30(35(8,33)34)24-16-20(3)10-13-21(24)4/h10-16,23H,9,17-18H2,1-8H3,(H,28,32). The van der Waals surface area contributed by atoms with E-state index in [0.29, 0.717) is 12.1 Å². The van der Waals surface area contributed by atoms with Crippen LogP contribution in [-0.4, -0.2) is 49.5 Å². The summed E-state index contributed by atoms with van der Waals surface area (Å²) >= 11 is 0. The third-order valence-electron chi connectivity index (χ3n) is 5.67. The fraction of sp³-hybridized carbons (Fsp3) is 0.481. The molecule has 0 heterocycles. The molecule has 2 aromatic rings. The summed E-state index contributed by atoms with van der Waals surface area (Å²) in [5.41, 5.74) is 3.57. The lowest BCUT2D eigenvalue weighted by atomic mass is 10.1. The summed E-state index contributed by atoms with van der Waals surface area (Å²) in [5.74, 6) is -0.703. The molecule has 2 aromatic carbocycles. The van der Waals surface area contributed by atoms with E-state index in [1.807, 2.05) is 84.9 Å². The van der Waals surface area contributed by atoms with E-state index in [-0.39, 0.29) is 12.5 Å². The maximum atomic E-state index is 13.8. The highest BCUT2D eigenvalue weighted by atomic mass is 32.2. The summed E-state index contributed by atoms with van der Waals surface area (Å²) in [7, 11) is -3.76.